The maximum atomic E-state index is 9.89. The topological polar surface area (TPSA) is 23.5 Å². The van der Waals surface area contributed by atoms with Crippen molar-refractivity contribution in [3.05, 3.63) is 0 Å². The maximum Gasteiger partial charge on any atom is 0.0672 e. The molecule has 0 amide bonds. The molecule has 0 saturated carbocycles. The van der Waals surface area contributed by atoms with Crippen molar-refractivity contribution >= 4 is 0 Å². The average Bonchev–Trinajstić information content (AvgIpc) is 1.97. The van der Waals surface area contributed by atoms with Gasteiger partial charge in [-0.1, -0.05) is 34.1 Å². The van der Waals surface area contributed by atoms with Gasteiger partial charge in [-0.05, 0) is 24.2 Å². The smallest absolute Gasteiger partial charge is 0.0672 e. The predicted molar refractivity (Wildman–Crippen MR) is 64.9 cm³/mol. The highest BCUT2D eigenvalue weighted by Crippen LogP contribution is 2.24. The summed E-state index contributed by atoms with van der Waals surface area (Å²) < 4.78 is 0. The molecule has 90 valence electrons. The van der Waals surface area contributed by atoms with Crippen LogP contribution in [0.2, 0.25) is 0 Å². The van der Waals surface area contributed by atoms with E-state index in [1.54, 1.807) is 0 Å². The Hall–Kier alpha value is -0.0800. The summed E-state index contributed by atoms with van der Waals surface area (Å²) in [5, 5.41) is 9.89. The Balaban J connectivity index is 2.11. The maximum absolute atomic E-state index is 9.89. The number of likely N-dealkylation sites (tertiary alicyclic amines) is 1. The van der Waals surface area contributed by atoms with Crippen LogP contribution in [-0.4, -0.2) is 35.7 Å². The number of β-amino-alcohol motifs (C(OH)–C–C–N with tert-alkyl or cyclic N) is 1. The van der Waals surface area contributed by atoms with Crippen molar-refractivity contribution in [1.29, 1.82) is 0 Å². The molecule has 1 unspecified atom stereocenters. The molecule has 0 bridgehead atoms. The van der Waals surface area contributed by atoms with Crippen molar-refractivity contribution in [2.75, 3.05) is 19.6 Å². The van der Waals surface area contributed by atoms with E-state index >= 15 is 0 Å². The fourth-order valence-electron chi connectivity index (χ4n) is 2.49. The van der Waals surface area contributed by atoms with E-state index in [9.17, 15) is 5.11 Å². The zero-order valence-corrected chi connectivity index (χ0v) is 10.8. The molecule has 0 aliphatic carbocycles. The highest BCUT2D eigenvalue weighted by molar-refractivity contribution is 4.82. The number of nitrogens with zero attached hydrogens (tertiary/aromatic N) is 1. The van der Waals surface area contributed by atoms with Gasteiger partial charge in [0.15, 0.2) is 0 Å². The summed E-state index contributed by atoms with van der Waals surface area (Å²) in [7, 11) is 0. The molecule has 1 aliphatic rings. The summed E-state index contributed by atoms with van der Waals surface area (Å²) in [6.45, 7) is 12.1. The summed E-state index contributed by atoms with van der Waals surface area (Å²) in [6.07, 6.45) is 3.41. The molecule has 1 saturated heterocycles. The van der Waals surface area contributed by atoms with Crippen LogP contribution < -0.4 is 0 Å². The molecule has 15 heavy (non-hydrogen) atoms. The van der Waals surface area contributed by atoms with Crippen LogP contribution in [0.1, 0.15) is 47.0 Å². The molecule has 1 rings (SSSR count). The number of aliphatic hydroxyl groups excluding tert-OH is 1. The molecule has 0 aromatic carbocycles. The average molecular weight is 213 g/mol. The van der Waals surface area contributed by atoms with Gasteiger partial charge in [0.2, 0.25) is 0 Å². The number of hydrogen-bond donors (Lipinski definition) is 1. The van der Waals surface area contributed by atoms with Crippen LogP contribution in [0.25, 0.3) is 0 Å². The number of aliphatic hydroxyl groups is 1. The van der Waals surface area contributed by atoms with Crippen LogP contribution >= 0.6 is 0 Å². The van der Waals surface area contributed by atoms with Crippen LogP contribution in [0.3, 0.4) is 0 Å². The minimum absolute atomic E-state index is 0.146. The minimum Gasteiger partial charge on any atom is -0.392 e. The summed E-state index contributed by atoms with van der Waals surface area (Å²) in [5.41, 5.74) is 0.243. The van der Waals surface area contributed by atoms with E-state index in [1.165, 1.54) is 25.9 Å². The first-order valence-electron chi connectivity index (χ1n) is 6.31. The Morgan fingerprint density at radius 2 is 1.93 bits per heavy atom. The van der Waals surface area contributed by atoms with Gasteiger partial charge in [0.05, 0.1) is 6.10 Å². The normalized spacial score (nSPS) is 21.4. The zero-order valence-electron chi connectivity index (χ0n) is 10.8. The third-order valence-corrected chi connectivity index (χ3v) is 3.05. The van der Waals surface area contributed by atoms with Gasteiger partial charge in [0.1, 0.15) is 0 Å². The molecule has 1 heterocycles. The predicted octanol–water partition coefficient (Wildman–Crippen LogP) is 2.52. The Morgan fingerprint density at radius 3 is 2.40 bits per heavy atom. The second kappa shape index (κ2) is 5.31. The molecule has 1 fully saturated rings. The minimum atomic E-state index is -0.146. The molecule has 0 radical (unpaired) electrons. The summed E-state index contributed by atoms with van der Waals surface area (Å²) >= 11 is 0. The quantitative estimate of drug-likeness (QED) is 0.758. The molecule has 0 aromatic rings. The van der Waals surface area contributed by atoms with Gasteiger partial charge in [-0.15, -0.1) is 0 Å². The van der Waals surface area contributed by atoms with E-state index in [1.807, 2.05) is 0 Å². The second-order valence-corrected chi connectivity index (χ2v) is 6.29. The highest BCUT2D eigenvalue weighted by Gasteiger charge is 2.28. The largest absolute Gasteiger partial charge is 0.392 e. The van der Waals surface area contributed by atoms with E-state index in [2.05, 4.69) is 32.6 Å². The fraction of sp³-hybridized carbons (Fsp3) is 1.00. The number of hydrogen-bond acceptors (Lipinski definition) is 2. The van der Waals surface area contributed by atoms with Crippen LogP contribution in [0.5, 0.6) is 0 Å². The van der Waals surface area contributed by atoms with Gasteiger partial charge in [-0.25, -0.2) is 0 Å². The Morgan fingerprint density at radius 1 is 1.33 bits per heavy atom. The van der Waals surface area contributed by atoms with Crippen molar-refractivity contribution in [2.24, 2.45) is 11.3 Å². The fourth-order valence-corrected chi connectivity index (χ4v) is 2.49. The van der Waals surface area contributed by atoms with E-state index in [0.29, 0.717) is 0 Å². The van der Waals surface area contributed by atoms with E-state index in [-0.39, 0.29) is 11.5 Å². The first-order valence-corrected chi connectivity index (χ1v) is 6.31. The van der Waals surface area contributed by atoms with Gasteiger partial charge in [0.25, 0.3) is 0 Å². The van der Waals surface area contributed by atoms with Gasteiger partial charge in [-0.3, -0.25) is 0 Å². The van der Waals surface area contributed by atoms with Gasteiger partial charge < -0.3 is 10.0 Å². The van der Waals surface area contributed by atoms with Gasteiger partial charge in [-0.2, -0.15) is 0 Å². The summed E-state index contributed by atoms with van der Waals surface area (Å²) in [5.74, 6) is 0.900. The lowest BCUT2D eigenvalue weighted by Gasteiger charge is -2.41. The Kier molecular flexibility index (Phi) is 4.60. The van der Waals surface area contributed by atoms with Crippen molar-refractivity contribution in [2.45, 2.75) is 53.1 Å². The lowest BCUT2D eigenvalue weighted by molar-refractivity contribution is 0.0210. The third kappa shape index (κ3) is 4.98. The van der Waals surface area contributed by atoms with Crippen molar-refractivity contribution in [1.82, 2.24) is 4.90 Å². The Labute approximate surface area is 94.7 Å². The summed E-state index contributed by atoms with van der Waals surface area (Å²) in [4.78, 5) is 2.39. The molecule has 2 nitrogen and oxygen atoms in total. The molecule has 1 N–H and O–H groups in total. The Bertz CT molecular complexity index is 179. The zero-order chi connectivity index (χ0) is 11.5. The standard InChI is InChI=1S/C13H27NO/c1-5-6-11-8-14(9-11)10-12(15)7-13(2,3)4/h11-12,15H,5-10H2,1-4H3. The van der Waals surface area contributed by atoms with Gasteiger partial charge in [0, 0.05) is 19.6 Å². The van der Waals surface area contributed by atoms with Crippen LogP contribution in [-0.2, 0) is 0 Å². The molecule has 1 atom stereocenters. The summed E-state index contributed by atoms with van der Waals surface area (Å²) in [6, 6.07) is 0. The van der Waals surface area contributed by atoms with E-state index in [0.717, 1.165) is 18.9 Å². The third-order valence-electron chi connectivity index (χ3n) is 3.05. The lowest BCUT2D eigenvalue weighted by atomic mass is 9.88. The van der Waals surface area contributed by atoms with E-state index < -0.39 is 0 Å². The molecule has 0 aromatic heterocycles. The first-order chi connectivity index (χ1) is 6.90. The lowest BCUT2D eigenvalue weighted by Crippen LogP contribution is -2.49. The molecule has 2 heteroatoms. The first kappa shape index (κ1) is 13.0. The molecular weight excluding hydrogens is 186 g/mol. The van der Waals surface area contributed by atoms with Crippen molar-refractivity contribution in [3.8, 4) is 0 Å². The van der Waals surface area contributed by atoms with Gasteiger partial charge >= 0.3 is 0 Å². The molecular formula is C13H27NO. The van der Waals surface area contributed by atoms with Crippen LogP contribution in [0.15, 0.2) is 0 Å². The highest BCUT2D eigenvalue weighted by atomic mass is 16.3. The second-order valence-electron chi connectivity index (χ2n) is 6.29. The molecule has 1 aliphatic heterocycles. The SMILES string of the molecule is CCCC1CN(CC(O)CC(C)(C)C)C1. The number of rotatable bonds is 5. The van der Waals surface area contributed by atoms with E-state index in [4.69, 9.17) is 0 Å². The monoisotopic (exact) mass is 213 g/mol. The van der Waals surface area contributed by atoms with Crippen molar-refractivity contribution < 1.29 is 5.11 Å². The van der Waals surface area contributed by atoms with Crippen molar-refractivity contribution in [3.63, 3.8) is 0 Å². The van der Waals surface area contributed by atoms with Crippen LogP contribution in [0.4, 0.5) is 0 Å². The van der Waals surface area contributed by atoms with Crippen LogP contribution in [0, 0.1) is 11.3 Å². The molecule has 0 spiro atoms.